The van der Waals surface area contributed by atoms with Gasteiger partial charge in [0.05, 0.1) is 29.1 Å². The summed E-state index contributed by atoms with van der Waals surface area (Å²) in [6.07, 6.45) is 1.97. The Bertz CT molecular complexity index is 1100. The Balaban J connectivity index is 1.73. The Labute approximate surface area is 169 Å². The molecule has 0 saturated carbocycles. The smallest absolute Gasteiger partial charge is 0.279 e. The van der Waals surface area contributed by atoms with Crippen LogP contribution in [0.5, 0.6) is 0 Å². The molecule has 1 amide bonds. The minimum absolute atomic E-state index is 0.144. The quantitative estimate of drug-likeness (QED) is 0.544. The average Bonchev–Trinajstić information content (AvgIpc) is 2.72. The third-order valence-corrected chi connectivity index (χ3v) is 4.65. The zero-order chi connectivity index (χ0) is 20.6. The molecule has 1 aromatic heterocycles. The number of unbranched alkanes of at least 4 members (excludes halogenated alkanes) is 1. The molecule has 7 nitrogen and oxygen atoms in total. The predicted molar refractivity (Wildman–Crippen MR) is 111 cm³/mol. The van der Waals surface area contributed by atoms with Crippen LogP contribution in [0.3, 0.4) is 0 Å². The van der Waals surface area contributed by atoms with Crippen LogP contribution in [-0.4, -0.2) is 29.0 Å². The molecule has 29 heavy (non-hydrogen) atoms. The second-order valence-electron chi connectivity index (χ2n) is 6.98. The van der Waals surface area contributed by atoms with Crippen LogP contribution in [0.1, 0.15) is 31.2 Å². The number of rotatable bonds is 8. The number of nitrogens with zero attached hydrogens (tertiary/aromatic N) is 2. The van der Waals surface area contributed by atoms with E-state index in [1.807, 2.05) is 18.2 Å². The first-order valence-corrected chi connectivity index (χ1v) is 9.70. The maximum atomic E-state index is 12.5. The fourth-order valence-electron chi connectivity index (χ4n) is 3.22. The second-order valence-corrected chi connectivity index (χ2v) is 6.98. The first kappa shape index (κ1) is 20.2. The molecule has 0 bridgehead atoms. The minimum Gasteiger partial charge on any atom is -0.321 e. The molecular weight excluding hydrogens is 366 g/mol. The standard InChI is InChI=1S/C22H23N5O2/c1-2-3-11-27(15-21(28)24-17-8-6-7-16(12-17)13-23)14-20-25-19-10-5-4-9-18(19)22(29)26-20/h4-10,12H,2-3,11,14-15H2,1H3,(H,24,28)(H,25,26,29)/p+1. The number of aromatic amines is 1. The minimum atomic E-state index is -0.168. The molecule has 7 heteroatoms. The molecule has 1 unspecified atom stereocenters. The zero-order valence-electron chi connectivity index (χ0n) is 16.4. The molecule has 0 aliphatic rings. The Morgan fingerprint density at radius 1 is 1.24 bits per heavy atom. The lowest BCUT2D eigenvalue weighted by Crippen LogP contribution is -3.12. The van der Waals surface area contributed by atoms with Crippen LogP contribution in [0.15, 0.2) is 53.3 Å². The number of aromatic nitrogens is 2. The third kappa shape index (κ3) is 5.50. The van der Waals surface area contributed by atoms with Crippen molar-refractivity contribution in [3.8, 4) is 6.07 Å². The number of quaternary nitrogens is 1. The van der Waals surface area contributed by atoms with Gasteiger partial charge in [-0.25, -0.2) is 4.98 Å². The lowest BCUT2D eigenvalue weighted by Gasteiger charge is -2.18. The highest BCUT2D eigenvalue weighted by atomic mass is 16.2. The first-order valence-electron chi connectivity index (χ1n) is 9.70. The SMILES string of the molecule is CCCC[NH+](CC(=O)Nc1cccc(C#N)c1)Cc1nc2ccccc2c(=O)[nH]1. The van der Waals surface area contributed by atoms with Crippen molar-refractivity contribution in [1.29, 1.82) is 5.26 Å². The average molecular weight is 390 g/mol. The summed E-state index contributed by atoms with van der Waals surface area (Å²) in [6.45, 7) is 3.58. The molecule has 148 valence electrons. The molecule has 3 N–H and O–H groups in total. The summed E-state index contributed by atoms with van der Waals surface area (Å²) in [6, 6.07) is 16.1. The highest BCUT2D eigenvalue weighted by Gasteiger charge is 2.17. The molecule has 2 aromatic carbocycles. The number of H-pyrrole nitrogens is 1. The topological polar surface area (TPSA) is 103 Å². The van der Waals surface area contributed by atoms with Gasteiger partial charge in [-0.1, -0.05) is 31.5 Å². The van der Waals surface area contributed by atoms with Gasteiger partial charge in [0.2, 0.25) is 0 Å². The zero-order valence-corrected chi connectivity index (χ0v) is 16.4. The van der Waals surface area contributed by atoms with Crippen molar-refractivity contribution < 1.29 is 9.69 Å². The van der Waals surface area contributed by atoms with Crippen molar-refractivity contribution in [3.63, 3.8) is 0 Å². The van der Waals surface area contributed by atoms with Crippen molar-refractivity contribution in [1.82, 2.24) is 9.97 Å². The third-order valence-electron chi connectivity index (χ3n) is 4.65. The fraction of sp³-hybridized carbons (Fsp3) is 0.273. The summed E-state index contributed by atoms with van der Waals surface area (Å²) in [5.74, 6) is 0.424. The molecule has 0 saturated heterocycles. The van der Waals surface area contributed by atoms with Crippen LogP contribution in [-0.2, 0) is 11.3 Å². The molecule has 0 fully saturated rings. The molecule has 0 aliphatic heterocycles. The van der Waals surface area contributed by atoms with Gasteiger partial charge in [-0.15, -0.1) is 0 Å². The molecule has 0 aliphatic carbocycles. The number of hydrogen-bond acceptors (Lipinski definition) is 4. The van der Waals surface area contributed by atoms with Gasteiger partial charge in [0, 0.05) is 5.69 Å². The van der Waals surface area contributed by atoms with E-state index in [1.54, 1.807) is 30.3 Å². The number of para-hydroxylation sites is 1. The molecule has 3 rings (SSSR count). The van der Waals surface area contributed by atoms with Crippen molar-refractivity contribution in [2.45, 2.75) is 26.3 Å². The van der Waals surface area contributed by atoms with Crippen molar-refractivity contribution in [2.24, 2.45) is 0 Å². The van der Waals surface area contributed by atoms with Crippen molar-refractivity contribution >= 4 is 22.5 Å². The number of fused-ring (bicyclic) bond motifs is 1. The number of carbonyl (C=O) groups excluding carboxylic acids is 1. The number of nitrogens with one attached hydrogen (secondary N) is 3. The first-order chi connectivity index (χ1) is 14.1. The Morgan fingerprint density at radius 3 is 2.86 bits per heavy atom. The van der Waals surface area contributed by atoms with Gasteiger partial charge in [0.1, 0.15) is 6.54 Å². The van der Waals surface area contributed by atoms with Gasteiger partial charge in [0.15, 0.2) is 12.4 Å². The van der Waals surface area contributed by atoms with Gasteiger partial charge < -0.3 is 15.2 Å². The Kier molecular flexibility index (Phi) is 6.72. The largest absolute Gasteiger partial charge is 0.321 e. The summed E-state index contributed by atoms with van der Waals surface area (Å²) < 4.78 is 0. The van der Waals surface area contributed by atoms with Crippen molar-refractivity contribution in [3.05, 3.63) is 70.3 Å². The molecule has 1 heterocycles. The normalized spacial score (nSPS) is 11.7. The predicted octanol–water partition coefficient (Wildman–Crippen LogP) is 1.62. The van der Waals surface area contributed by atoms with Gasteiger partial charge in [-0.05, 0) is 36.8 Å². The molecule has 3 aromatic rings. The van der Waals surface area contributed by atoms with E-state index in [-0.39, 0.29) is 18.0 Å². The number of carbonyl (C=O) groups is 1. The van der Waals surface area contributed by atoms with Crippen LogP contribution in [0.4, 0.5) is 5.69 Å². The van der Waals surface area contributed by atoms with Gasteiger partial charge >= 0.3 is 0 Å². The van der Waals surface area contributed by atoms with Crippen LogP contribution in [0.25, 0.3) is 10.9 Å². The number of hydrogen-bond donors (Lipinski definition) is 3. The molecule has 0 spiro atoms. The van der Waals surface area contributed by atoms with E-state index in [9.17, 15) is 9.59 Å². The summed E-state index contributed by atoms with van der Waals surface area (Å²) in [5, 5.41) is 12.4. The van der Waals surface area contributed by atoms with E-state index in [2.05, 4.69) is 28.3 Å². The highest BCUT2D eigenvalue weighted by Crippen LogP contribution is 2.09. The number of anilines is 1. The van der Waals surface area contributed by atoms with E-state index < -0.39 is 0 Å². The molecule has 1 atom stereocenters. The van der Waals surface area contributed by atoms with E-state index in [0.717, 1.165) is 24.3 Å². The van der Waals surface area contributed by atoms with Crippen molar-refractivity contribution in [2.75, 3.05) is 18.4 Å². The van der Waals surface area contributed by atoms with E-state index in [1.165, 1.54) is 0 Å². The summed E-state index contributed by atoms with van der Waals surface area (Å²) >= 11 is 0. The number of nitriles is 1. The molecular formula is C22H24N5O2+. The maximum absolute atomic E-state index is 12.5. The van der Waals surface area contributed by atoms with E-state index in [0.29, 0.717) is 34.5 Å². The van der Waals surface area contributed by atoms with Crippen LogP contribution in [0, 0.1) is 11.3 Å². The highest BCUT2D eigenvalue weighted by molar-refractivity contribution is 5.91. The van der Waals surface area contributed by atoms with Gasteiger partial charge in [-0.2, -0.15) is 5.26 Å². The van der Waals surface area contributed by atoms with E-state index in [4.69, 9.17) is 5.26 Å². The Hall–Kier alpha value is -3.50. The molecule has 0 radical (unpaired) electrons. The van der Waals surface area contributed by atoms with Gasteiger partial charge in [-0.3, -0.25) is 9.59 Å². The van der Waals surface area contributed by atoms with Crippen LogP contribution in [0.2, 0.25) is 0 Å². The maximum Gasteiger partial charge on any atom is 0.279 e. The summed E-state index contributed by atoms with van der Waals surface area (Å²) in [5.41, 5.74) is 1.58. The van der Waals surface area contributed by atoms with E-state index >= 15 is 0 Å². The lowest BCUT2D eigenvalue weighted by molar-refractivity contribution is -0.906. The number of benzene rings is 2. The lowest BCUT2D eigenvalue weighted by atomic mass is 10.2. The summed E-state index contributed by atoms with van der Waals surface area (Å²) in [4.78, 5) is 33.3. The Morgan fingerprint density at radius 2 is 2.07 bits per heavy atom. The van der Waals surface area contributed by atoms with Crippen LogP contribution < -0.4 is 15.8 Å². The second kappa shape index (κ2) is 9.62. The number of amides is 1. The monoisotopic (exact) mass is 390 g/mol. The van der Waals surface area contributed by atoms with Gasteiger partial charge in [0.25, 0.3) is 11.5 Å². The summed E-state index contributed by atoms with van der Waals surface area (Å²) in [7, 11) is 0. The fourth-order valence-corrected chi connectivity index (χ4v) is 3.22. The van der Waals surface area contributed by atoms with Crippen LogP contribution >= 0.6 is 0 Å².